The van der Waals surface area contributed by atoms with Crippen LogP contribution in [0.5, 0.6) is 0 Å². The molecule has 0 unspecified atom stereocenters. The van der Waals surface area contributed by atoms with Crippen molar-refractivity contribution in [3.05, 3.63) is 121 Å². The maximum atomic E-state index is 2.34. The fourth-order valence-corrected chi connectivity index (χ4v) is 4.86. The summed E-state index contributed by atoms with van der Waals surface area (Å²) in [6.07, 6.45) is 0. The van der Waals surface area contributed by atoms with E-state index in [9.17, 15) is 0 Å². The summed E-state index contributed by atoms with van der Waals surface area (Å²) in [5.41, 5.74) is 6.45. The first kappa shape index (κ1) is 17.9. The summed E-state index contributed by atoms with van der Waals surface area (Å²) in [5, 5.41) is 7.77. The van der Waals surface area contributed by atoms with Gasteiger partial charge in [-0.05, 0) is 67.6 Å². The molecule has 6 rings (SSSR count). The molecule has 6 aromatic rings. The van der Waals surface area contributed by atoms with Gasteiger partial charge in [0.25, 0.3) is 0 Å². The van der Waals surface area contributed by atoms with Gasteiger partial charge in [-0.3, -0.25) is 0 Å². The quantitative estimate of drug-likeness (QED) is 0.257. The molecular weight excluding hydrogens is 372 g/mol. The van der Waals surface area contributed by atoms with Crippen molar-refractivity contribution in [3.8, 4) is 22.3 Å². The van der Waals surface area contributed by atoms with E-state index < -0.39 is 0 Å². The summed E-state index contributed by atoms with van der Waals surface area (Å²) in [5.74, 6) is 0. The van der Waals surface area contributed by atoms with Crippen molar-refractivity contribution in [2.24, 2.45) is 0 Å². The summed E-state index contributed by atoms with van der Waals surface area (Å²) in [7, 11) is 0. The van der Waals surface area contributed by atoms with E-state index in [4.69, 9.17) is 0 Å². The molecule has 0 nitrogen and oxygen atoms in total. The maximum absolute atomic E-state index is 2.34. The van der Waals surface area contributed by atoms with Crippen LogP contribution in [0.2, 0.25) is 0 Å². The highest BCUT2D eigenvalue weighted by Gasteiger charge is 2.16. The fraction of sp³-hybridized carbons (Fsp3) is 0.0323. The number of aryl methyl sites for hydroxylation is 1. The first-order chi connectivity index (χ1) is 15.3. The van der Waals surface area contributed by atoms with Gasteiger partial charge >= 0.3 is 0 Å². The van der Waals surface area contributed by atoms with E-state index in [0.29, 0.717) is 0 Å². The molecule has 0 radical (unpaired) electrons. The van der Waals surface area contributed by atoms with Crippen molar-refractivity contribution in [1.82, 2.24) is 0 Å². The third kappa shape index (κ3) is 2.92. The highest BCUT2D eigenvalue weighted by molar-refractivity contribution is 6.21. The van der Waals surface area contributed by atoms with E-state index in [1.165, 1.54) is 60.1 Å². The molecule has 0 aliphatic rings. The monoisotopic (exact) mass is 394 g/mol. The van der Waals surface area contributed by atoms with Crippen molar-refractivity contribution < 1.29 is 0 Å². The van der Waals surface area contributed by atoms with E-state index in [2.05, 4.69) is 122 Å². The zero-order valence-corrected chi connectivity index (χ0v) is 17.5. The first-order valence-electron chi connectivity index (χ1n) is 10.8. The smallest absolute Gasteiger partial charge is 0.00261 e. The molecule has 0 heteroatoms. The average Bonchev–Trinajstić information content (AvgIpc) is 2.82. The Morgan fingerprint density at radius 3 is 1.77 bits per heavy atom. The Morgan fingerprint density at radius 1 is 0.387 bits per heavy atom. The van der Waals surface area contributed by atoms with Gasteiger partial charge < -0.3 is 0 Å². The number of rotatable bonds is 2. The Bertz CT molecular complexity index is 1570. The van der Waals surface area contributed by atoms with Crippen molar-refractivity contribution >= 4 is 32.3 Å². The van der Waals surface area contributed by atoms with E-state index >= 15 is 0 Å². The lowest BCUT2D eigenvalue weighted by atomic mass is 9.85. The molecule has 0 aliphatic carbocycles. The number of hydrogen-bond donors (Lipinski definition) is 0. The number of benzene rings is 6. The van der Waals surface area contributed by atoms with E-state index in [1.807, 2.05) is 0 Å². The van der Waals surface area contributed by atoms with Crippen LogP contribution in [-0.4, -0.2) is 0 Å². The normalized spacial score (nSPS) is 11.4. The molecule has 0 saturated carbocycles. The van der Waals surface area contributed by atoms with Crippen LogP contribution < -0.4 is 0 Å². The fourth-order valence-electron chi connectivity index (χ4n) is 4.86. The van der Waals surface area contributed by atoms with Gasteiger partial charge in [-0.15, -0.1) is 0 Å². The Hall–Kier alpha value is -3.90. The van der Waals surface area contributed by atoms with Gasteiger partial charge in [-0.25, -0.2) is 0 Å². The molecule has 0 fully saturated rings. The van der Waals surface area contributed by atoms with Gasteiger partial charge in [0, 0.05) is 0 Å². The van der Waals surface area contributed by atoms with E-state index in [0.717, 1.165) is 0 Å². The summed E-state index contributed by atoms with van der Waals surface area (Å²) in [6, 6.07) is 41.9. The van der Waals surface area contributed by atoms with Crippen LogP contribution in [0.3, 0.4) is 0 Å². The van der Waals surface area contributed by atoms with Gasteiger partial charge in [0.2, 0.25) is 0 Å². The molecule has 0 N–H and O–H groups in total. The minimum Gasteiger partial charge on any atom is -0.0622 e. The lowest BCUT2D eigenvalue weighted by Crippen LogP contribution is -1.91. The summed E-state index contributed by atoms with van der Waals surface area (Å²) >= 11 is 0. The predicted octanol–water partition coefficient (Wildman–Crippen LogP) is 8.79. The van der Waals surface area contributed by atoms with Crippen LogP contribution in [0.4, 0.5) is 0 Å². The highest BCUT2D eigenvalue weighted by atomic mass is 14.2. The molecule has 0 saturated heterocycles. The molecule has 0 aromatic heterocycles. The standard InChI is InChI=1S/C31H22/c1-21-15-18-28-29(19-21)30(23-10-3-2-4-11-23)26-13-7-8-14-27(26)31(28)25-17-16-22-9-5-6-12-24(22)20-25/h2-20H,1H3. The van der Waals surface area contributed by atoms with Crippen molar-refractivity contribution in [3.63, 3.8) is 0 Å². The second kappa shape index (κ2) is 7.11. The molecule has 0 heterocycles. The van der Waals surface area contributed by atoms with Crippen LogP contribution in [0.1, 0.15) is 5.56 Å². The lowest BCUT2D eigenvalue weighted by molar-refractivity contribution is 1.51. The van der Waals surface area contributed by atoms with Crippen molar-refractivity contribution in [2.45, 2.75) is 6.92 Å². The van der Waals surface area contributed by atoms with Gasteiger partial charge in [-0.1, -0.05) is 115 Å². The van der Waals surface area contributed by atoms with Crippen LogP contribution in [0.15, 0.2) is 115 Å². The molecule has 0 atom stereocenters. The van der Waals surface area contributed by atoms with Crippen LogP contribution in [0.25, 0.3) is 54.6 Å². The average molecular weight is 395 g/mol. The van der Waals surface area contributed by atoms with Gasteiger partial charge in [0.15, 0.2) is 0 Å². The number of fused-ring (bicyclic) bond motifs is 3. The molecule has 6 aromatic carbocycles. The Morgan fingerprint density at radius 2 is 1.00 bits per heavy atom. The topological polar surface area (TPSA) is 0 Å². The summed E-state index contributed by atoms with van der Waals surface area (Å²) < 4.78 is 0. The Kier molecular flexibility index (Phi) is 4.11. The lowest BCUT2D eigenvalue weighted by Gasteiger charge is -2.18. The second-order valence-electron chi connectivity index (χ2n) is 8.27. The molecular formula is C31H22. The van der Waals surface area contributed by atoms with Gasteiger partial charge in [-0.2, -0.15) is 0 Å². The minimum atomic E-state index is 1.26. The molecule has 0 aliphatic heterocycles. The SMILES string of the molecule is Cc1ccc2c(-c3ccc4ccccc4c3)c3ccccc3c(-c3ccccc3)c2c1. The van der Waals surface area contributed by atoms with Gasteiger partial charge in [0.05, 0.1) is 0 Å². The van der Waals surface area contributed by atoms with Crippen molar-refractivity contribution in [2.75, 3.05) is 0 Å². The molecule has 0 amide bonds. The van der Waals surface area contributed by atoms with E-state index in [1.54, 1.807) is 0 Å². The molecule has 0 spiro atoms. The Labute approximate surface area is 182 Å². The minimum absolute atomic E-state index is 1.26. The number of hydrogen-bond acceptors (Lipinski definition) is 0. The first-order valence-corrected chi connectivity index (χ1v) is 10.8. The van der Waals surface area contributed by atoms with Crippen LogP contribution >= 0.6 is 0 Å². The zero-order valence-electron chi connectivity index (χ0n) is 17.5. The molecule has 31 heavy (non-hydrogen) atoms. The van der Waals surface area contributed by atoms with Crippen molar-refractivity contribution in [1.29, 1.82) is 0 Å². The van der Waals surface area contributed by atoms with Crippen LogP contribution in [-0.2, 0) is 0 Å². The van der Waals surface area contributed by atoms with Gasteiger partial charge in [0.1, 0.15) is 0 Å². The third-order valence-corrected chi connectivity index (χ3v) is 6.28. The third-order valence-electron chi connectivity index (χ3n) is 6.28. The van der Waals surface area contributed by atoms with E-state index in [-0.39, 0.29) is 0 Å². The van der Waals surface area contributed by atoms with Crippen LogP contribution in [0, 0.1) is 6.92 Å². The Balaban J connectivity index is 1.80. The summed E-state index contributed by atoms with van der Waals surface area (Å²) in [6.45, 7) is 2.18. The zero-order chi connectivity index (χ0) is 20.8. The largest absolute Gasteiger partial charge is 0.0622 e. The molecule has 0 bridgehead atoms. The predicted molar refractivity (Wildman–Crippen MR) is 135 cm³/mol. The highest BCUT2D eigenvalue weighted by Crippen LogP contribution is 2.44. The second-order valence-corrected chi connectivity index (χ2v) is 8.27. The summed E-state index contributed by atoms with van der Waals surface area (Å²) in [4.78, 5) is 0. The molecule has 146 valence electrons. The maximum Gasteiger partial charge on any atom is -0.00261 e.